The first-order valence-corrected chi connectivity index (χ1v) is 12.5. The van der Waals surface area contributed by atoms with Crippen LogP contribution in [0.1, 0.15) is 18.1 Å². The topological polar surface area (TPSA) is 85.4 Å². The summed E-state index contributed by atoms with van der Waals surface area (Å²) >= 11 is 7.22. The van der Waals surface area contributed by atoms with E-state index >= 15 is 0 Å². The molecular weight excluding hydrogens is 511 g/mol. The molecule has 190 valence electrons. The SMILES string of the molecule is CCOc1cc(/C=C2/SC(=O)N(CC(=O)N3CCOCC3)C2=O)cc(Cl)c1OCc1cccc(F)c1. The molecule has 3 amide bonds. The number of benzene rings is 2. The van der Waals surface area contributed by atoms with Crippen molar-refractivity contribution in [3.63, 3.8) is 0 Å². The third-order valence-electron chi connectivity index (χ3n) is 5.43. The maximum atomic E-state index is 13.5. The quantitative estimate of drug-likeness (QED) is 0.465. The Hall–Kier alpha value is -3.08. The molecule has 2 fully saturated rings. The molecule has 0 aliphatic carbocycles. The number of ether oxygens (including phenoxy) is 3. The summed E-state index contributed by atoms with van der Waals surface area (Å²) in [4.78, 5) is 40.6. The number of morpholine rings is 1. The van der Waals surface area contributed by atoms with Gasteiger partial charge in [0, 0.05) is 13.1 Å². The summed E-state index contributed by atoms with van der Waals surface area (Å²) in [6.45, 7) is 3.60. The highest BCUT2D eigenvalue weighted by atomic mass is 35.5. The average molecular weight is 535 g/mol. The van der Waals surface area contributed by atoms with Gasteiger partial charge in [0.05, 0.1) is 29.7 Å². The molecule has 0 atom stereocenters. The molecule has 0 aromatic heterocycles. The average Bonchev–Trinajstić information content (AvgIpc) is 3.11. The third-order valence-corrected chi connectivity index (χ3v) is 6.62. The molecule has 0 N–H and O–H groups in total. The van der Waals surface area contributed by atoms with Gasteiger partial charge in [0.25, 0.3) is 11.1 Å². The van der Waals surface area contributed by atoms with Gasteiger partial charge in [-0.2, -0.15) is 0 Å². The first kappa shape index (κ1) is 26.0. The first-order chi connectivity index (χ1) is 17.4. The van der Waals surface area contributed by atoms with Crippen LogP contribution in [0.5, 0.6) is 11.5 Å². The highest BCUT2D eigenvalue weighted by molar-refractivity contribution is 8.18. The zero-order chi connectivity index (χ0) is 25.7. The first-order valence-electron chi connectivity index (χ1n) is 11.3. The van der Waals surface area contributed by atoms with E-state index in [9.17, 15) is 18.8 Å². The number of imide groups is 1. The fourth-order valence-corrected chi connectivity index (χ4v) is 4.80. The van der Waals surface area contributed by atoms with Gasteiger partial charge in [0.2, 0.25) is 5.91 Å². The van der Waals surface area contributed by atoms with E-state index in [0.29, 0.717) is 49.8 Å². The van der Waals surface area contributed by atoms with Crippen LogP contribution in [0.15, 0.2) is 41.3 Å². The van der Waals surface area contributed by atoms with E-state index in [1.54, 1.807) is 36.1 Å². The van der Waals surface area contributed by atoms with Gasteiger partial charge in [0.1, 0.15) is 19.0 Å². The van der Waals surface area contributed by atoms with Crippen LogP contribution >= 0.6 is 23.4 Å². The van der Waals surface area contributed by atoms with Gasteiger partial charge in [-0.15, -0.1) is 0 Å². The van der Waals surface area contributed by atoms with E-state index < -0.39 is 11.1 Å². The van der Waals surface area contributed by atoms with Crippen molar-refractivity contribution in [1.29, 1.82) is 0 Å². The van der Waals surface area contributed by atoms with Gasteiger partial charge in [-0.25, -0.2) is 4.39 Å². The summed E-state index contributed by atoms with van der Waals surface area (Å²) in [7, 11) is 0. The highest BCUT2D eigenvalue weighted by Gasteiger charge is 2.37. The van der Waals surface area contributed by atoms with Gasteiger partial charge < -0.3 is 19.1 Å². The van der Waals surface area contributed by atoms with E-state index in [1.165, 1.54) is 18.2 Å². The Balaban J connectivity index is 1.50. The van der Waals surface area contributed by atoms with Gasteiger partial charge in [-0.1, -0.05) is 23.7 Å². The van der Waals surface area contributed by atoms with Crippen molar-refractivity contribution >= 4 is 46.5 Å². The van der Waals surface area contributed by atoms with Gasteiger partial charge in [-0.3, -0.25) is 19.3 Å². The highest BCUT2D eigenvalue weighted by Crippen LogP contribution is 2.39. The number of rotatable bonds is 8. The number of carbonyl (C=O) groups is 3. The molecule has 2 aromatic carbocycles. The second-order valence-electron chi connectivity index (χ2n) is 7.94. The number of amides is 3. The molecule has 0 bridgehead atoms. The number of nitrogens with zero attached hydrogens (tertiary/aromatic N) is 2. The zero-order valence-corrected chi connectivity index (χ0v) is 21.1. The molecule has 0 saturated carbocycles. The minimum Gasteiger partial charge on any atom is -0.490 e. The largest absolute Gasteiger partial charge is 0.490 e. The minimum atomic E-state index is -0.549. The molecule has 2 aromatic rings. The van der Waals surface area contributed by atoms with Crippen molar-refractivity contribution in [2.75, 3.05) is 39.5 Å². The molecule has 2 aliphatic heterocycles. The molecule has 4 rings (SSSR count). The van der Waals surface area contributed by atoms with E-state index in [1.807, 2.05) is 0 Å². The lowest BCUT2D eigenvalue weighted by atomic mass is 10.1. The molecule has 2 heterocycles. The van der Waals surface area contributed by atoms with Crippen molar-refractivity contribution in [2.45, 2.75) is 13.5 Å². The normalized spacial score (nSPS) is 17.1. The predicted octanol–water partition coefficient (Wildman–Crippen LogP) is 4.35. The number of thioether (sulfide) groups is 1. The lowest BCUT2D eigenvalue weighted by molar-refractivity contribution is -0.139. The standard InChI is InChI=1S/C25H24ClFN2O6S/c1-2-34-20-12-17(11-19(26)23(20)35-15-16-4-3-5-18(27)10-16)13-21-24(31)29(25(32)36-21)14-22(30)28-6-8-33-9-7-28/h3-5,10-13H,2,6-9,14-15H2,1H3/b21-13+. The molecule has 2 aliphatic rings. The Morgan fingerprint density at radius 1 is 1.19 bits per heavy atom. The van der Waals surface area contributed by atoms with Gasteiger partial charge in [-0.05, 0) is 60.2 Å². The van der Waals surface area contributed by atoms with Crippen molar-refractivity contribution < 1.29 is 33.0 Å². The number of halogens is 2. The zero-order valence-electron chi connectivity index (χ0n) is 19.5. The smallest absolute Gasteiger partial charge is 0.294 e. The predicted molar refractivity (Wildman–Crippen MR) is 133 cm³/mol. The molecular formula is C25H24ClFN2O6S. The molecule has 2 saturated heterocycles. The van der Waals surface area contributed by atoms with Gasteiger partial charge in [0.15, 0.2) is 11.5 Å². The Kier molecular flexibility index (Phi) is 8.50. The Bertz CT molecular complexity index is 1200. The van der Waals surface area contributed by atoms with Crippen LogP contribution in [-0.4, -0.2) is 66.3 Å². The van der Waals surface area contributed by atoms with Crippen LogP contribution in [0, 0.1) is 5.82 Å². The second kappa shape index (κ2) is 11.8. The summed E-state index contributed by atoms with van der Waals surface area (Å²) in [6, 6.07) is 9.25. The van der Waals surface area contributed by atoms with E-state index in [0.717, 1.165) is 16.7 Å². The molecule has 36 heavy (non-hydrogen) atoms. The fourth-order valence-electron chi connectivity index (χ4n) is 3.69. The number of carbonyl (C=O) groups excluding carboxylic acids is 3. The van der Waals surface area contributed by atoms with Crippen molar-refractivity contribution in [3.8, 4) is 11.5 Å². The molecule has 8 nitrogen and oxygen atoms in total. The summed E-state index contributed by atoms with van der Waals surface area (Å²) < 4.78 is 30.2. The summed E-state index contributed by atoms with van der Waals surface area (Å²) in [5.74, 6) is -0.600. The van der Waals surface area contributed by atoms with Crippen LogP contribution in [0.4, 0.5) is 9.18 Å². The molecule has 0 unspecified atom stereocenters. The molecule has 0 radical (unpaired) electrons. The second-order valence-corrected chi connectivity index (χ2v) is 9.34. The fraction of sp³-hybridized carbons (Fsp3) is 0.320. The Labute approximate surface area is 216 Å². The summed E-state index contributed by atoms with van der Waals surface area (Å²) in [5.41, 5.74) is 1.14. The van der Waals surface area contributed by atoms with Crippen LogP contribution in [-0.2, 0) is 20.9 Å². The van der Waals surface area contributed by atoms with Crippen LogP contribution < -0.4 is 9.47 Å². The van der Waals surface area contributed by atoms with Crippen molar-refractivity contribution in [2.24, 2.45) is 0 Å². The monoisotopic (exact) mass is 534 g/mol. The van der Waals surface area contributed by atoms with E-state index in [2.05, 4.69) is 0 Å². The minimum absolute atomic E-state index is 0.0764. The van der Waals surface area contributed by atoms with Gasteiger partial charge >= 0.3 is 0 Å². The van der Waals surface area contributed by atoms with Crippen LogP contribution in [0.25, 0.3) is 6.08 Å². The number of hydrogen-bond donors (Lipinski definition) is 0. The van der Waals surface area contributed by atoms with Crippen molar-refractivity contribution in [1.82, 2.24) is 9.80 Å². The Morgan fingerprint density at radius 3 is 2.69 bits per heavy atom. The Morgan fingerprint density at radius 2 is 1.97 bits per heavy atom. The summed E-state index contributed by atoms with van der Waals surface area (Å²) in [6.07, 6.45) is 1.52. The lowest BCUT2D eigenvalue weighted by Crippen LogP contribution is -2.46. The number of hydrogen-bond acceptors (Lipinski definition) is 7. The van der Waals surface area contributed by atoms with E-state index in [4.69, 9.17) is 25.8 Å². The van der Waals surface area contributed by atoms with E-state index in [-0.39, 0.29) is 40.6 Å². The summed E-state index contributed by atoms with van der Waals surface area (Å²) in [5, 5.41) is -0.288. The maximum absolute atomic E-state index is 13.5. The third kappa shape index (κ3) is 6.18. The van der Waals surface area contributed by atoms with Crippen LogP contribution in [0.2, 0.25) is 5.02 Å². The molecule has 0 spiro atoms. The van der Waals surface area contributed by atoms with Crippen molar-refractivity contribution in [3.05, 3.63) is 63.3 Å². The lowest BCUT2D eigenvalue weighted by Gasteiger charge is -2.28. The molecule has 11 heteroatoms. The maximum Gasteiger partial charge on any atom is 0.294 e. The van der Waals surface area contributed by atoms with Crippen LogP contribution in [0.3, 0.4) is 0 Å².